The second kappa shape index (κ2) is 3.35. The van der Waals surface area contributed by atoms with Crippen molar-refractivity contribution in [3.63, 3.8) is 0 Å². The Hall–Kier alpha value is 0.290. The highest BCUT2D eigenvalue weighted by molar-refractivity contribution is 6.20. The molecule has 0 aliphatic heterocycles. The van der Waals surface area contributed by atoms with Crippen molar-refractivity contribution in [3.8, 4) is 0 Å². The number of hydrogen-bond acceptors (Lipinski definition) is 0. The van der Waals surface area contributed by atoms with Gasteiger partial charge in [-0.05, 0) is 30.6 Å². The van der Waals surface area contributed by atoms with Gasteiger partial charge in [0.1, 0.15) is 0 Å². The topological polar surface area (TPSA) is 0 Å². The van der Waals surface area contributed by atoms with Gasteiger partial charge in [-0.1, -0.05) is 27.2 Å². The van der Waals surface area contributed by atoms with Gasteiger partial charge in [0.05, 0.1) is 0 Å². The number of hydrogen-bond donors (Lipinski definition) is 0. The van der Waals surface area contributed by atoms with E-state index >= 15 is 0 Å². The van der Waals surface area contributed by atoms with E-state index < -0.39 is 0 Å². The van der Waals surface area contributed by atoms with Crippen LogP contribution in [0.5, 0.6) is 0 Å². The zero-order valence-corrected chi connectivity index (χ0v) is 8.62. The smallest absolute Gasteiger partial charge is 0.0366 e. The van der Waals surface area contributed by atoms with E-state index in [2.05, 4.69) is 20.8 Å². The summed E-state index contributed by atoms with van der Waals surface area (Å²) >= 11 is 6.26. The molecule has 1 aliphatic carbocycles. The second-order valence-corrected chi connectivity index (χ2v) is 4.97. The Kier molecular flexibility index (Phi) is 2.85. The molecule has 0 nitrogen and oxygen atoms in total. The van der Waals surface area contributed by atoms with Gasteiger partial charge < -0.3 is 0 Å². The van der Waals surface area contributed by atoms with Gasteiger partial charge in [0, 0.05) is 5.38 Å². The first kappa shape index (κ1) is 9.38. The standard InChI is InChI=1S/C10H19Cl/c1-4-9(11)8-6-5-7-10(8,2)3/h8-9H,4-7H2,1-3H3. The molecule has 2 unspecified atom stereocenters. The lowest BCUT2D eigenvalue weighted by molar-refractivity contribution is 0.248. The molecule has 1 aliphatic rings. The molecule has 0 bridgehead atoms. The Morgan fingerprint density at radius 2 is 2.18 bits per heavy atom. The van der Waals surface area contributed by atoms with Gasteiger partial charge >= 0.3 is 0 Å². The molecule has 11 heavy (non-hydrogen) atoms. The van der Waals surface area contributed by atoms with E-state index in [1.54, 1.807) is 0 Å². The molecule has 0 aromatic heterocycles. The van der Waals surface area contributed by atoms with Crippen LogP contribution in [0.25, 0.3) is 0 Å². The van der Waals surface area contributed by atoms with Crippen molar-refractivity contribution < 1.29 is 0 Å². The molecule has 0 radical (unpaired) electrons. The predicted molar refractivity (Wildman–Crippen MR) is 51.1 cm³/mol. The predicted octanol–water partition coefficient (Wildman–Crippen LogP) is 3.83. The van der Waals surface area contributed by atoms with Gasteiger partial charge in [0.25, 0.3) is 0 Å². The third-order valence-corrected chi connectivity index (χ3v) is 3.78. The molecule has 2 atom stereocenters. The summed E-state index contributed by atoms with van der Waals surface area (Å²) in [6.07, 6.45) is 5.20. The zero-order valence-electron chi connectivity index (χ0n) is 7.86. The van der Waals surface area contributed by atoms with E-state index in [0.717, 1.165) is 12.3 Å². The van der Waals surface area contributed by atoms with Gasteiger partial charge in [0.15, 0.2) is 0 Å². The maximum absolute atomic E-state index is 6.26. The lowest BCUT2D eigenvalue weighted by atomic mass is 9.79. The molecular formula is C10H19Cl. The Balaban J connectivity index is 2.57. The van der Waals surface area contributed by atoms with Crippen LogP contribution in [-0.4, -0.2) is 5.38 Å². The summed E-state index contributed by atoms with van der Waals surface area (Å²) in [5, 5.41) is 0.410. The van der Waals surface area contributed by atoms with Crippen LogP contribution < -0.4 is 0 Å². The van der Waals surface area contributed by atoms with E-state index in [4.69, 9.17) is 11.6 Å². The summed E-state index contributed by atoms with van der Waals surface area (Å²) in [6.45, 7) is 6.90. The Labute approximate surface area is 75.3 Å². The minimum Gasteiger partial charge on any atom is -0.123 e. The third kappa shape index (κ3) is 1.90. The van der Waals surface area contributed by atoms with Gasteiger partial charge in [-0.2, -0.15) is 0 Å². The van der Waals surface area contributed by atoms with Crippen molar-refractivity contribution in [2.24, 2.45) is 11.3 Å². The number of halogens is 1. The molecule has 0 amide bonds. The highest BCUT2D eigenvalue weighted by Crippen LogP contribution is 2.46. The van der Waals surface area contributed by atoms with Gasteiger partial charge in [-0.3, -0.25) is 0 Å². The minimum absolute atomic E-state index is 0.410. The summed E-state index contributed by atoms with van der Waals surface area (Å²) in [7, 11) is 0. The van der Waals surface area contributed by atoms with Crippen molar-refractivity contribution in [3.05, 3.63) is 0 Å². The highest BCUT2D eigenvalue weighted by atomic mass is 35.5. The monoisotopic (exact) mass is 174 g/mol. The molecule has 1 heteroatoms. The summed E-state index contributed by atoms with van der Waals surface area (Å²) < 4.78 is 0. The molecule has 0 spiro atoms. The van der Waals surface area contributed by atoms with Crippen molar-refractivity contribution in [1.82, 2.24) is 0 Å². The van der Waals surface area contributed by atoms with E-state index in [9.17, 15) is 0 Å². The van der Waals surface area contributed by atoms with Crippen molar-refractivity contribution >= 4 is 11.6 Å². The van der Waals surface area contributed by atoms with Gasteiger partial charge in [-0.15, -0.1) is 11.6 Å². The van der Waals surface area contributed by atoms with Crippen molar-refractivity contribution in [2.75, 3.05) is 0 Å². The largest absolute Gasteiger partial charge is 0.123 e. The van der Waals surface area contributed by atoms with Crippen LogP contribution in [-0.2, 0) is 0 Å². The lowest BCUT2D eigenvalue weighted by Crippen LogP contribution is -2.25. The fourth-order valence-electron chi connectivity index (χ4n) is 2.31. The molecule has 1 fully saturated rings. The quantitative estimate of drug-likeness (QED) is 0.559. The molecule has 1 saturated carbocycles. The number of alkyl halides is 1. The SMILES string of the molecule is CCC(Cl)C1CCCC1(C)C. The molecule has 0 saturated heterocycles. The maximum atomic E-state index is 6.26. The van der Waals surface area contributed by atoms with Crippen molar-refractivity contribution in [2.45, 2.75) is 51.8 Å². The van der Waals surface area contributed by atoms with Crippen LogP contribution in [0, 0.1) is 11.3 Å². The average Bonchev–Trinajstić information content (AvgIpc) is 2.28. The Bertz CT molecular complexity index is 129. The van der Waals surface area contributed by atoms with E-state index in [0.29, 0.717) is 10.8 Å². The van der Waals surface area contributed by atoms with E-state index in [-0.39, 0.29) is 0 Å². The van der Waals surface area contributed by atoms with Gasteiger partial charge in [0.2, 0.25) is 0 Å². The summed E-state index contributed by atoms with van der Waals surface area (Å²) in [6, 6.07) is 0. The minimum atomic E-state index is 0.410. The zero-order chi connectivity index (χ0) is 8.48. The van der Waals surface area contributed by atoms with Crippen LogP contribution in [0.3, 0.4) is 0 Å². The molecule has 0 aromatic rings. The first-order chi connectivity index (χ1) is 5.08. The Morgan fingerprint density at radius 1 is 1.55 bits per heavy atom. The second-order valence-electron chi connectivity index (χ2n) is 4.41. The molecule has 66 valence electrons. The van der Waals surface area contributed by atoms with Crippen LogP contribution in [0.1, 0.15) is 46.5 Å². The number of rotatable bonds is 2. The molecule has 1 rings (SSSR count). The van der Waals surface area contributed by atoms with Crippen LogP contribution in [0.15, 0.2) is 0 Å². The Morgan fingerprint density at radius 3 is 2.55 bits per heavy atom. The first-order valence-electron chi connectivity index (χ1n) is 4.72. The molecule has 0 N–H and O–H groups in total. The maximum Gasteiger partial charge on any atom is 0.0366 e. The summed E-state index contributed by atoms with van der Waals surface area (Å²) in [5.41, 5.74) is 0.502. The third-order valence-electron chi connectivity index (χ3n) is 3.17. The summed E-state index contributed by atoms with van der Waals surface area (Å²) in [5.74, 6) is 0.758. The lowest BCUT2D eigenvalue weighted by Gasteiger charge is -2.30. The van der Waals surface area contributed by atoms with Crippen molar-refractivity contribution in [1.29, 1.82) is 0 Å². The molecular weight excluding hydrogens is 156 g/mol. The van der Waals surface area contributed by atoms with E-state index in [1.807, 2.05) is 0 Å². The van der Waals surface area contributed by atoms with E-state index in [1.165, 1.54) is 19.3 Å². The normalized spacial score (nSPS) is 32.2. The summed E-state index contributed by atoms with van der Waals surface area (Å²) in [4.78, 5) is 0. The fourth-order valence-corrected chi connectivity index (χ4v) is 2.78. The van der Waals surface area contributed by atoms with Crippen LogP contribution in [0.4, 0.5) is 0 Å². The highest BCUT2D eigenvalue weighted by Gasteiger charge is 2.37. The first-order valence-corrected chi connectivity index (χ1v) is 5.15. The fraction of sp³-hybridized carbons (Fsp3) is 1.00. The molecule has 0 aromatic carbocycles. The van der Waals surface area contributed by atoms with Gasteiger partial charge in [-0.25, -0.2) is 0 Å². The van der Waals surface area contributed by atoms with Crippen LogP contribution >= 0.6 is 11.6 Å². The molecule has 0 heterocycles. The average molecular weight is 175 g/mol. The van der Waals surface area contributed by atoms with Crippen LogP contribution in [0.2, 0.25) is 0 Å².